The number of nitrogens with one attached hydrogen (secondary N) is 1. The first-order valence-corrected chi connectivity index (χ1v) is 11.7. The van der Waals surface area contributed by atoms with Crippen molar-refractivity contribution in [2.24, 2.45) is 0 Å². The Hall–Kier alpha value is -5.02. The molecule has 4 aromatic rings. The number of non-ortho nitro benzene ring substituents is 1. The number of carbonyl (C=O) groups excluding carboxylic acids is 3. The maximum Gasteiger partial charge on any atom is 0.335 e. The van der Waals surface area contributed by atoms with Crippen LogP contribution in [0, 0.1) is 10.1 Å². The molecule has 0 unspecified atom stereocenters. The summed E-state index contributed by atoms with van der Waals surface area (Å²) in [7, 11) is 0. The first kappa shape index (κ1) is 24.7. The van der Waals surface area contributed by atoms with Gasteiger partial charge in [0.2, 0.25) is 0 Å². The number of fused-ring (bicyclic) bond motifs is 1. The summed E-state index contributed by atoms with van der Waals surface area (Å²) < 4.78 is 6.08. The second-order valence-corrected chi connectivity index (χ2v) is 8.78. The summed E-state index contributed by atoms with van der Waals surface area (Å²) in [5.74, 6) is -1.33. The van der Waals surface area contributed by atoms with Crippen LogP contribution in [0.5, 0.6) is 5.75 Å². The molecule has 1 aliphatic heterocycles. The molecule has 1 heterocycles. The number of nitro groups is 1. The molecule has 0 saturated carbocycles. The molecule has 0 bridgehead atoms. The first-order chi connectivity index (χ1) is 18.3. The van der Waals surface area contributed by atoms with E-state index in [4.69, 9.17) is 16.3 Å². The first-order valence-electron chi connectivity index (χ1n) is 11.4. The van der Waals surface area contributed by atoms with Gasteiger partial charge < -0.3 is 4.74 Å². The standard InChI is InChI=1S/C28H18ClN3O6/c29-19-6-3-4-17(14-19)16-38-25-13-8-18-5-1-2-7-22(18)23(25)15-24-26(33)30-28(35)31(27(24)34)20-9-11-21(12-10-20)32(36)37/h1-15H,16H2,(H,30,33,35)/b24-15+. The average Bonchev–Trinajstić information content (AvgIpc) is 2.90. The molecule has 9 nitrogen and oxygen atoms in total. The molecule has 0 aliphatic carbocycles. The largest absolute Gasteiger partial charge is 0.488 e. The predicted molar refractivity (Wildman–Crippen MR) is 142 cm³/mol. The van der Waals surface area contributed by atoms with Crippen molar-refractivity contribution in [3.63, 3.8) is 0 Å². The van der Waals surface area contributed by atoms with E-state index in [-0.39, 0.29) is 23.6 Å². The minimum atomic E-state index is -0.957. The highest BCUT2D eigenvalue weighted by Gasteiger charge is 2.37. The highest BCUT2D eigenvalue weighted by Crippen LogP contribution is 2.32. The van der Waals surface area contributed by atoms with Crippen molar-refractivity contribution in [1.82, 2.24) is 5.32 Å². The molecule has 4 aromatic carbocycles. The van der Waals surface area contributed by atoms with Gasteiger partial charge in [-0.25, -0.2) is 9.69 Å². The summed E-state index contributed by atoms with van der Waals surface area (Å²) in [6.07, 6.45) is 1.39. The lowest BCUT2D eigenvalue weighted by Gasteiger charge is -2.26. The summed E-state index contributed by atoms with van der Waals surface area (Å²) >= 11 is 6.08. The van der Waals surface area contributed by atoms with Gasteiger partial charge in [0, 0.05) is 22.7 Å². The van der Waals surface area contributed by atoms with Gasteiger partial charge in [-0.2, -0.15) is 0 Å². The van der Waals surface area contributed by atoms with Crippen LogP contribution in [-0.2, 0) is 16.2 Å². The number of nitro benzene ring substituents is 1. The van der Waals surface area contributed by atoms with Crippen molar-refractivity contribution in [1.29, 1.82) is 0 Å². The number of benzene rings is 4. The normalized spacial score (nSPS) is 14.6. The smallest absolute Gasteiger partial charge is 0.335 e. The van der Waals surface area contributed by atoms with Gasteiger partial charge in [-0.1, -0.05) is 54.1 Å². The molecular weight excluding hydrogens is 510 g/mol. The fourth-order valence-electron chi connectivity index (χ4n) is 4.10. The molecule has 4 amide bonds. The van der Waals surface area contributed by atoms with Gasteiger partial charge >= 0.3 is 6.03 Å². The highest BCUT2D eigenvalue weighted by atomic mass is 35.5. The Labute approximate surface area is 221 Å². The third-order valence-corrected chi connectivity index (χ3v) is 6.16. The van der Waals surface area contributed by atoms with Crippen LogP contribution in [0.25, 0.3) is 16.8 Å². The van der Waals surface area contributed by atoms with Crippen molar-refractivity contribution in [2.45, 2.75) is 6.61 Å². The lowest BCUT2D eigenvalue weighted by atomic mass is 9.99. The zero-order valence-corrected chi connectivity index (χ0v) is 20.3. The number of barbiturate groups is 1. The Balaban J connectivity index is 1.56. The summed E-state index contributed by atoms with van der Waals surface area (Å²) in [4.78, 5) is 50.0. The predicted octanol–water partition coefficient (Wildman–Crippen LogP) is 5.65. The van der Waals surface area contributed by atoms with E-state index in [1.165, 1.54) is 30.3 Å². The maximum absolute atomic E-state index is 13.4. The monoisotopic (exact) mass is 527 g/mol. The van der Waals surface area contributed by atoms with Crippen molar-refractivity contribution in [3.05, 3.63) is 117 Å². The fourth-order valence-corrected chi connectivity index (χ4v) is 4.31. The lowest BCUT2D eigenvalue weighted by Crippen LogP contribution is -2.54. The molecule has 38 heavy (non-hydrogen) atoms. The van der Waals surface area contributed by atoms with E-state index < -0.39 is 22.8 Å². The highest BCUT2D eigenvalue weighted by molar-refractivity contribution is 6.39. The second-order valence-electron chi connectivity index (χ2n) is 8.35. The Bertz CT molecular complexity index is 1650. The lowest BCUT2D eigenvalue weighted by molar-refractivity contribution is -0.384. The molecule has 188 valence electrons. The van der Waals surface area contributed by atoms with E-state index in [0.29, 0.717) is 16.3 Å². The van der Waals surface area contributed by atoms with Crippen LogP contribution in [0.1, 0.15) is 11.1 Å². The molecule has 0 aromatic heterocycles. The van der Waals surface area contributed by atoms with E-state index in [0.717, 1.165) is 21.2 Å². The van der Waals surface area contributed by atoms with Gasteiger partial charge in [-0.05, 0) is 52.7 Å². The zero-order valence-electron chi connectivity index (χ0n) is 19.6. The van der Waals surface area contributed by atoms with Gasteiger partial charge in [-0.15, -0.1) is 0 Å². The number of carbonyl (C=O) groups is 3. The number of amides is 4. The van der Waals surface area contributed by atoms with Crippen LogP contribution >= 0.6 is 11.6 Å². The Morgan fingerprint density at radius 2 is 1.71 bits per heavy atom. The van der Waals surface area contributed by atoms with Gasteiger partial charge in [0.1, 0.15) is 17.9 Å². The second kappa shape index (κ2) is 10.2. The minimum absolute atomic E-state index is 0.0758. The van der Waals surface area contributed by atoms with Crippen LogP contribution < -0.4 is 15.0 Å². The number of rotatable bonds is 6. The van der Waals surface area contributed by atoms with Crippen LogP contribution in [-0.4, -0.2) is 22.8 Å². The van der Waals surface area contributed by atoms with Gasteiger partial charge in [0.15, 0.2) is 0 Å². The zero-order chi connectivity index (χ0) is 26.8. The van der Waals surface area contributed by atoms with E-state index >= 15 is 0 Å². The summed E-state index contributed by atoms with van der Waals surface area (Å²) in [6.45, 7) is 0.183. The molecule has 10 heteroatoms. The molecule has 0 radical (unpaired) electrons. The Morgan fingerprint density at radius 3 is 2.45 bits per heavy atom. The fraction of sp³-hybridized carbons (Fsp3) is 0.0357. The molecular formula is C28H18ClN3O6. The summed E-state index contributed by atoms with van der Waals surface area (Å²) in [5, 5.41) is 15.3. The minimum Gasteiger partial charge on any atom is -0.488 e. The SMILES string of the molecule is O=C1NC(=O)N(c2ccc([N+](=O)[O-])cc2)C(=O)/C1=C/c1c(OCc2cccc(Cl)c2)ccc2ccccc12. The molecule has 1 fully saturated rings. The van der Waals surface area contributed by atoms with Crippen LogP contribution in [0.3, 0.4) is 0 Å². The van der Waals surface area contributed by atoms with Gasteiger partial charge in [-0.3, -0.25) is 25.0 Å². The number of hydrogen-bond donors (Lipinski definition) is 1. The van der Waals surface area contributed by atoms with E-state index in [2.05, 4.69) is 5.32 Å². The van der Waals surface area contributed by atoms with E-state index in [9.17, 15) is 24.5 Å². The number of nitrogens with zero attached hydrogens (tertiary/aromatic N) is 2. The van der Waals surface area contributed by atoms with Crippen LogP contribution in [0.2, 0.25) is 5.02 Å². The van der Waals surface area contributed by atoms with Crippen LogP contribution in [0.4, 0.5) is 16.2 Å². The summed E-state index contributed by atoms with van der Waals surface area (Å²) in [5.41, 5.74) is 0.869. The van der Waals surface area contributed by atoms with Gasteiger partial charge in [0.05, 0.1) is 10.6 Å². The van der Waals surface area contributed by atoms with Crippen molar-refractivity contribution < 1.29 is 24.0 Å². The number of ether oxygens (including phenoxy) is 1. The van der Waals surface area contributed by atoms with E-state index in [1.807, 2.05) is 36.4 Å². The number of urea groups is 1. The number of halogens is 1. The quantitative estimate of drug-likeness (QED) is 0.150. The number of imide groups is 2. The molecule has 1 aliphatic rings. The molecule has 1 saturated heterocycles. The third kappa shape index (κ3) is 4.82. The van der Waals surface area contributed by atoms with E-state index in [1.54, 1.807) is 24.3 Å². The van der Waals surface area contributed by atoms with Gasteiger partial charge in [0.25, 0.3) is 17.5 Å². The molecule has 1 N–H and O–H groups in total. The number of anilines is 1. The maximum atomic E-state index is 13.4. The Kier molecular flexibility index (Phi) is 6.59. The van der Waals surface area contributed by atoms with Crippen molar-refractivity contribution in [2.75, 3.05) is 4.90 Å². The topological polar surface area (TPSA) is 119 Å². The molecule has 5 rings (SSSR count). The Morgan fingerprint density at radius 1 is 0.947 bits per heavy atom. The molecule has 0 spiro atoms. The van der Waals surface area contributed by atoms with Crippen molar-refractivity contribution in [3.8, 4) is 5.75 Å². The third-order valence-electron chi connectivity index (χ3n) is 5.92. The number of hydrogen-bond acceptors (Lipinski definition) is 6. The van der Waals surface area contributed by atoms with Crippen LogP contribution in [0.15, 0.2) is 90.5 Å². The van der Waals surface area contributed by atoms with Crippen molar-refractivity contribution >= 4 is 57.7 Å². The molecule has 0 atom stereocenters. The average molecular weight is 528 g/mol. The summed E-state index contributed by atoms with van der Waals surface area (Å²) in [6, 6.07) is 22.1.